The van der Waals surface area contributed by atoms with Crippen LogP contribution in [-0.2, 0) is 32.1 Å². The molecule has 0 bridgehead atoms. The molecule has 0 radical (unpaired) electrons. The first kappa shape index (κ1) is 25.4. The van der Waals surface area contributed by atoms with E-state index in [0.29, 0.717) is 27.0 Å². The number of rotatable bonds is 7. The lowest BCUT2D eigenvalue weighted by Gasteiger charge is -2.28. The van der Waals surface area contributed by atoms with Crippen LogP contribution in [0.5, 0.6) is 5.75 Å². The van der Waals surface area contributed by atoms with Crippen LogP contribution in [-0.4, -0.2) is 34.6 Å². The Morgan fingerprint density at radius 2 is 1.64 bits per heavy atom. The third-order valence-electron chi connectivity index (χ3n) is 5.74. The van der Waals surface area contributed by atoms with Gasteiger partial charge in [-0.05, 0) is 53.6 Å². The highest BCUT2D eigenvalue weighted by atomic mass is 35.5. The van der Waals surface area contributed by atoms with Gasteiger partial charge in [0.25, 0.3) is 5.91 Å². The number of amides is 3. The Kier molecular flexibility index (Phi) is 7.72. The molecule has 184 valence electrons. The quantitative estimate of drug-likeness (QED) is 0.251. The third-order valence-corrected chi connectivity index (χ3v) is 6.36. The minimum atomic E-state index is -0.998. The SMILES string of the molecule is CC(=O)Oc1ccc(N2C(=O)CC(N(Cc3ccccc3Cl)C(=O)Cc3ccc(Cl)cc3)C2=O)cc1. The fourth-order valence-corrected chi connectivity index (χ4v) is 4.34. The lowest BCUT2D eigenvalue weighted by atomic mass is 10.1. The average Bonchev–Trinajstić information content (AvgIpc) is 3.13. The maximum atomic E-state index is 13.5. The standard InChI is InChI=1S/C27H22Cl2N2O5/c1-17(32)36-22-12-10-21(11-13-22)31-26(34)15-24(27(31)35)30(16-19-4-2-3-5-23(19)29)25(33)14-18-6-8-20(28)9-7-18/h2-13,24H,14-16H2,1H3. The van der Waals surface area contributed by atoms with Crippen molar-refractivity contribution in [2.45, 2.75) is 32.4 Å². The molecule has 4 rings (SSSR count). The number of esters is 1. The van der Waals surface area contributed by atoms with Crippen molar-refractivity contribution in [2.75, 3.05) is 4.90 Å². The Morgan fingerprint density at radius 3 is 2.28 bits per heavy atom. The van der Waals surface area contributed by atoms with Crippen LogP contribution >= 0.6 is 23.2 Å². The summed E-state index contributed by atoms with van der Waals surface area (Å²) in [6.45, 7) is 1.34. The number of imide groups is 1. The van der Waals surface area contributed by atoms with E-state index in [9.17, 15) is 19.2 Å². The Balaban J connectivity index is 1.61. The Bertz CT molecular complexity index is 1310. The van der Waals surface area contributed by atoms with E-state index in [1.807, 2.05) is 0 Å². The summed E-state index contributed by atoms with van der Waals surface area (Å²) in [6.07, 6.45) is -0.141. The van der Waals surface area contributed by atoms with Crippen LogP contribution in [0, 0.1) is 0 Å². The van der Waals surface area contributed by atoms with Crippen LogP contribution in [0.2, 0.25) is 10.0 Å². The van der Waals surface area contributed by atoms with E-state index in [1.165, 1.54) is 36.1 Å². The van der Waals surface area contributed by atoms with E-state index >= 15 is 0 Å². The van der Waals surface area contributed by atoms with Gasteiger partial charge < -0.3 is 9.64 Å². The molecule has 3 aromatic rings. The van der Waals surface area contributed by atoms with Crippen molar-refractivity contribution in [3.63, 3.8) is 0 Å². The molecule has 0 N–H and O–H groups in total. The van der Waals surface area contributed by atoms with Crippen LogP contribution in [0.4, 0.5) is 5.69 Å². The first-order valence-electron chi connectivity index (χ1n) is 11.2. The van der Waals surface area contributed by atoms with Gasteiger partial charge in [-0.15, -0.1) is 0 Å². The number of hydrogen-bond donors (Lipinski definition) is 0. The molecule has 3 aromatic carbocycles. The maximum Gasteiger partial charge on any atom is 0.308 e. The zero-order valence-corrected chi connectivity index (χ0v) is 20.8. The minimum absolute atomic E-state index is 0.0245. The largest absolute Gasteiger partial charge is 0.427 e. The van der Waals surface area contributed by atoms with E-state index in [1.54, 1.807) is 48.5 Å². The van der Waals surface area contributed by atoms with Gasteiger partial charge in [0.05, 0.1) is 18.5 Å². The van der Waals surface area contributed by atoms with Crippen molar-refractivity contribution in [3.8, 4) is 5.75 Å². The van der Waals surface area contributed by atoms with Gasteiger partial charge in [0.2, 0.25) is 11.8 Å². The predicted molar refractivity (Wildman–Crippen MR) is 136 cm³/mol. The lowest BCUT2D eigenvalue weighted by molar-refractivity contribution is -0.138. The van der Waals surface area contributed by atoms with Crippen LogP contribution in [0.15, 0.2) is 72.8 Å². The summed E-state index contributed by atoms with van der Waals surface area (Å²) in [5, 5.41) is 1.00. The van der Waals surface area contributed by atoms with Crippen molar-refractivity contribution in [3.05, 3.63) is 94.0 Å². The molecule has 1 atom stereocenters. The summed E-state index contributed by atoms with van der Waals surface area (Å²) in [4.78, 5) is 53.5. The predicted octanol–water partition coefficient (Wildman–Crippen LogP) is 4.82. The first-order valence-corrected chi connectivity index (χ1v) is 11.9. The van der Waals surface area contributed by atoms with Gasteiger partial charge in [0.15, 0.2) is 0 Å². The van der Waals surface area contributed by atoms with Crippen LogP contribution in [0.1, 0.15) is 24.5 Å². The number of hydrogen-bond acceptors (Lipinski definition) is 5. The molecule has 0 aliphatic carbocycles. The van der Waals surface area contributed by atoms with E-state index < -0.39 is 23.8 Å². The fraction of sp³-hybridized carbons (Fsp3) is 0.185. The van der Waals surface area contributed by atoms with Crippen molar-refractivity contribution in [1.29, 1.82) is 0 Å². The van der Waals surface area contributed by atoms with E-state index in [2.05, 4.69) is 0 Å². The molecule has 1 aliphatic rings. The smallest absolute Gasteiger partial charge is 0.308 e. The Morgan fingerprint density at radius 1 is 0.972 bits per heavy atom. The number of ether oxygens (including phenoxy) is 1. The molecule has 9 heteroatoms. The first-order chi connectivity index (χ1) is 17.2. The molecule has 3 amide bonds. The molecular formula is C27H22Cl2N2O5. The molecule has 0 aromatic heterocycles. The van der Waals surface area contributed by atoms with Gasteiger partial charge in [-0.25, -0.2) is 4.90 Å². The Hall–Kier alpha value is -3.68. The third kappa shape index (κ3) is 5.75. The molecule has 1 aliphatic heterocycles. The highest BCUT2D eigenvalue weighted by molar-refractivity contribution is 6.31. The van der Waals surface area contributed by atoms with Gasteiger partial charge in [-0.2, -0.15) is 0 Å². The van der Waals surface area contributed by atoms with Crippen molar-refractivity contribution in [2.24, 2.45) is 0 Å². The highest BCUT2D eigenvalue weighted by Gasteiger charge is 2.44. The summed E-state index contributed by atoms with van der Waals surface area (Å²) >= 11 is 12.3. The number of anilines is 1. The molecule has 0 spiro atoms. The molecule has 36 heavy (non-hydrogen) atoms. The van der Waals surface area contributed by atoms with Gasteiger partial charge in [-0.1, -0.05) is 53.5 Å². The fourth-order valence-electron chi connectivity index (χ4n) is 4.02. The minimum Gasteiger partial charge on any atom is -0.427 e. The monoisotopic (exact) mass is 524 g/mol. The average molecular weight is 525 g/mol. The number of carbonyl (C=O) groups is 4. The van der Waals surface area contributed by atoms with E-state index in [0.717, 1.165) is 10.5 Å². The highest BCUT2D eigenvalue weighted by Crippen LogP contribution is 2.29. The summed E-state index contributed by atoms with van der Waals surface area (Å²) in [5.74, 6) is -1.47. The van der Waals surface area contributed by atoms with E-state index in [4.69, 9.17) is 27.9 Å². The number of halogens is 2. The van der Waals surface area contributed by atoms with Gasteiger partial charge in [0, 0.05) is 23.5 Å². The zero-order chi connectivity index (χ0) is 25.8. The lowest BCUT2D eigenvalue weighted by Crippen LogP contribution is -2.45. The topological polar surface area (TPSA) is 84.0 Å². The van der Waals surface area contributed by atoms with Crippen molar-refractivity contribution >= 4 is 52.6 Å². The summed E-state index contributed by atoms with van der Waals surface area (Å²) in [6, 6.07) is 18.9. The summed E-state index contributed by atoms with van der Waals surface area (Å²) < 4.78 is 5.02. The molecule has 1 heterocycles. The molecule has 0 saturated carbocycles. The molecule has 1 saturated heterocycles. The molecule has 1 unspecified atom stereocenters. The normalized spacial score (nSPS) is 15.2. The van der Waals surface area contributed by atoms with E-state index in [-0.39, 0.29) is 25.3 Å². The molecular weight excluding hydrogens is 503 g/mol. The van der Waals surface area contributed by atoms with Gasteiger partial charge in [0.1, 0.15) is 11.8 Å². The van der Waals surface area contributed by atoms with Crippen LogP contribution in [0.3, 0.4) is 0 Å². The Labute approximate surface area is 218 Å². The second-order valence-corrected chi connectivity index (χ2v) is 9.13. The summed E-state index contributed by atoms with van der Waals surface area (Å²) in [7, 11) is 0. The number of benzene rings is 3. The maximum absolute atomic E-state index is 13.5. The number of nitrogens with zero attached hydrogens (tertiary/aromatic N) is 2. The molecule has 1 fully saturated rings. The van der Waals surface area contributed by atoms with Crippen molar-refractivity contribution < 1.29 is 23.9 Å². The zero-order valence-electron chi connectivity index (χ0n) is 19.3. The van der Waals surface area contributed by atoms with Crippen LogP contribution in [0.25, 0.3) is 0 Å². The van der Waals surface area contributed by atoms with Gasteiger partial charge in [-0.3, -0.25) is 19.2 Å². The second kappa shape index (κ2) is 10.9. The second-order valence-electron chi connectivity index (χ2n) is 8.29. The summed E-state index contributed by atoms with van der Waals surface area (Å²) in [5.41, 5.74) is 1.71. The van der Waals surface area contributed by atoms with Gasteiger partial charge >= 0.3 is 5.97 Å². The molecule has 7 nitrogen and oxygen atoms in total. The van der Waals surface area contributed by atoms with Crippen LogP contribution < -0.4 is 9.64 Å². The number of carbonyl (C=O) groups excluding carboxylic acids is 4. The van der Waals surface area contributed by atoms with Crippen molar-refractivity contribution in [1.82, 2.24) is 4.90 Å².